The van der Waals surface area contributed by atoms with Gasteiger partial charge in [0.1, 0.15) is 5.75 Å². The minimum atomic E-state index is -0.0706. The molecule has 3 aromatic rings. The van der Waals surface area contributed by atoms with Crippen LogP contribution >= 0.6 is 11.3 Å². The summed E-state index contributed by atoms with van der Waals surface area (Å²) in [7, 11) is 1.66. The number of methoxy groups -OCH3 is 1. The van der Waals surface area contributed by atoms with Crippen LogP contribution in [0.3, 0.4) is 0 Å². The highest BCUT2D eigenvalue weighted by Gasteiger charge is 2.11. The summed E-state index contributed by atoms with van der Waals surface area (Å²) in [5.74, 6) is 0.837. The van der Waals surface area contributed by atoms with Crippen LogP contribution in [-0.2, 0) is 6.42 Å². The van der Waals surface area contributed by atoms with Crippen molar-refractivity contribution in [2.45, 2.75) is 12.5 Å². The van der Waals surface area contributed by atoms with Crippen LogP contribution in [0.4, 0.5) is 0 Å². The first-order valence-corrected chi connectivity index (χ1v) is 7.88. The van der Waals surface area contributed by atoms with Gasteiger partial charge in [-0.15, -0.1) is 11.3 Å². The van der Waals surface area contributed by atoms with Gasteiger partial charge >= 0.3 is 0 Å². The average Bonchev–Trinajstić information content (AvgIpc) is 3.04. The van der Waals surface area contributed by atoms with Crippen LogP contribution in [-0.4, -0.2) is 17.1 Å². The Morgan fingerprint density at radius 2 is 2.05 bits per heavy atom. The molecule has 3 rings (SSSR count). The van der Waals surface area contributed by atoms with Crippen molar-refractivity contribution in [3.63, 3.8) is 0 Å². The maximum absolute atomic E-state index is 6.28. The van der Waals surface area contributed by atoms with Gasteiger partial charge in [0.05, 0.1) is 17.8 Å². The van der Waals surface area contributed by atoms with Crippen molar-refractivity contribution in [2.75, 3.05) is 7.11 Å². The zero-order valence-electron chi connectivity index (χ0n) is 12.3. The number of benzene rings is 1. The van der Waals surface area contributed by atoms with E-state index in [2.05, 4.69) is 9.97 Å². The third-order valence-corrected chi connectivity index (χ3v) is 4.32. The summed E-state index contributed by atoms with van der Waals surface area (Å²) in [6, 6.07) is 11.7. The smallest absolute Gasteiger partial charge is 0.118 e. The molecule has 2 N–H and O–H groups in total. The Bertz CT molecular complexity index is 725. The van der Waals surface area contributed by atoms with Crippen molar-refractivity contribution >= 4 is 11.3 Å². The van der Waals surface area contributed by atoms with E-state index in [-0.39, 0.29) is 6.04 Å². The first kappa shape index (κ1) is 14.7. The summed E-state index contributed by atoms with van der Waals surface area (Å²) >= 11 is 1.63. The van der Waals surface area contributed by atoms with Gasteiger partial charge in [-0.2, -0.15) is 0 Å². The second-order valence-corrected chi connectivity index (χ2v) is 5.89. The second-order valence-electron chi connectivity index (χ2n) is 4.95. The molecule has 0 fully saturated rings. The quantitative estimate of drug-likeness (QED) is 0.784. The molecule has 0 aliphatic rings. The Balaban J connectivity index is 1.71. The minimum Gasteiger partial charge on any atom is -0.497 e. The largest absolute Gasteiger partial charge is 0.497 e. The van der Waals surface area contributed by atoms with Gasteiger partial charge in [0.25, 0.3) is 0 Å². The number of pyridine rings is 1. The van der Waals surface area contributed by atoms with Crippen molar-refractivity contribution in [2.24, 2.45) is 5.73 Å². The average molecular weight is 311 g/mol. The predicted molar refractivity (Wildman–Crippen MR) is 89.0 cm³/mol. The number of hydrogen-bond acceptors (Lipinski definition) is 5. The highest BCUT2D eigenvalue weighted by molar-refractivity contribution is 7.09. The molecule has 1 unspecified atom stereocenters. The molecule has 0 spiro atoms. The number of nitrogens with two attached hydrogens (primary N) is 1. The SMILES string of the molecule is COc1ccc(C(N)Cc2nc(-c3cccnc3)cs2)cc1. The van der Waals surface area contributed by atoms with Crippen molar-refractivity contribution in [3.05, 3.63) is 64.7 Å². The monoisotopic (exact) mass is 311 g/mol. The number of thiazole rings is 1. The summed E-state index contributed by atoms with van der Waals surface area (Å²) < 4.78 is 5.16. The number of hydrogen-bond donors (Lipinski definition) is 1. The fourth-order valence-corrected chi connectivity index (χ4v) is 3.07. The van der Waals surface area contributed by atoms with Gasteiger partial charge in [-0.1, -0.05) is 12.1 Å². The van der Waals surface area contributed by atoms with Crippen LogP contribution in [0.5, 0.6) is 5.75 Å². The fraction of sp³-hybridized carbons (Fsp3) is 0.176. The van der Waals surface area contributed by atoms with Crippen molar-refractivity contribution in [1.29, 1.82) is 0 Å². The molecule has 0 saturated carbocycles. The summed E-state index contributed by atoms with van der Waals surface area (Å²) in [5, 5.41) is 3.08. The molecular weight excluding hydrogens is 294 g/mol. The van der Waals surface area contributed by atoms with Gasteiger partial charge in [0.15, 0.2) is 0 Å². The molecule has 0 bridgehead atoms. The van der Waals surface area contributed by atoms with Crippen LogP contribution in [0.2, 0.25) is 0 Å². The molecule has 4 nitrogen and oxygen atoms in total. The third kappa shape index (κ3) is 3.32. The highest BCUT2D eigenvalue weighted by atomic mass is 32.1. The Morgan fingerprint density at radius 3 is 2.73 bits per heavy atom. The maximum Gasteiger partial charge on any atom is 0.118 e. The lowest BCUT2D eigenvalue weighted by Gasteiger charge is -2.10. The zero-order valence-corrected chi connectivity index (χ0v) is 13.1. The molecule has 22 heavy (non-hydrogen) atoms. The standard InChI is InChI=1S/C17H17N3OS/c1-21-14-6-4-12(5-7-14)15(18)9-17-20-16(11-22-17)13-3-2-8-19-10-13/h2-8,10-11,15H,9,18H2,1H3. The topological polar surface area (TPSA) is 61.0 Å². The van der Waals surface area contributed by atoms with E-state index < -0.39 is 0 Å². The van der Waals surface area contributed by atoms with E-state index >= 15 is 0 Å². The molecule has 0 amide bonds. The van der Waals surface area contributed by atoms with Crippen LogP contribution in [0.25, 0.3) is 11.3 Å². The molecule has 0 saturated heterocycles. The lowest BCUT2D eigenvalue weighted by atomic mass is 10.1. The highest BCUT2D eigenvalue weighted by Crippen LogP contribution is 2.25. The van der Waals surface area contributed by atoms with Gasteiger partial charge < -0.3 is 10.5 Å². The van der Waals surface area contributed by atoms with E-state index in [0.717, 1.165) is 34.0 Å². The Labute approximate surface area is 133 Å². The summed E-state index contributed by atoms with van der Waals surface area (Å²) in [4.78, 5) is 8.78. The molecule has 2 aromatic heterocycles. The van der Waals surface area contributed by atoms with Gasteiger partial charge in [-0.05, 0) is 29.8 Å². The molecular formula is C17H17N3OS. The van der Waals surface area contributed by atoms with E-state index in [1.54, 1.807) is 24.6 Å². The van der Waals surface area contributed by atoms with Crippen molar-refractivity contribution in [1.82, 2.24) is 9.97 Å². The molecule has 0 radical (unpaired) electrons. The van der Waals surface area contributed by atoms with Crippen LogP contribution in [0.15, 0.2) is 54.2 Å². The normalized spacial score (nSPS) is 12.1. The lowest BCUT2D eigenvalue weighted by Crippen LogP contribution is -2.13. The number of nitrogens with zero attached hydrogens (tertiary/aromatic N) is 2. The summed E-state index contributed by atoms with van der Waals surface area (Å²) in [6.45, 7) is 0. The number of ether oxygens (including phenoxy) is 1. The van der Waals surface area contributed by atoms with Crippen molar-refractivity contribution in [3.8, 4) is 17.0 Å². The van der Waals surface area contributed by atoms with Gasteiger partial charge in [-0.25, -0.2) is 4.98 Å². The fourth-order valence-electron chi connectivity index (χ4n) is 2.21. The molecule has 112 valence electrons. The predicted octanol–water partition coefficient (Wildman–Crippen LogP) is 3.46. The summed E-state index contributed by atoms with van der Waals surface area (Å²) in [6.07, 6.45) is 4.30. The molecule has 0 aliphatic heterocycles. The molecule has 5 heteroatoms. The van der Waals surface area contributed by atoms with Gasteiger partial charge in [0.2, 0.25) is 0 Å². The third-order valence-electron chi connectivity index (χ3n) is 3.45. The molecule has 1 atom stereocenters. The van der Waals surface area contributed by atoms with E-state index in [1.165, 1.54) is 0 Å². The maximum atomic E-state index is 6.28. The Morgan fingerprint density at radius 1 is 1.23 bits per heavy atom. The van der Waals surface area contributed by atoms with E-state index in [9.17, 15) is 0 Å². The Kier molecular flexibility index (Phi) is 4.46. The first-order chi connectivity index (χ1) is 10.8. The van der Waals surface area contributed by atoms with Gasteiger partial charge in [0, 0.05) is 35.8 Å². The Hall–Kier alpha value is -2.24. The minimum absolute atomic E-state index is 0.0706. The van der Waals surface area contributed by atoms with Gasteiger partial charge in [-0.3, -0.25) is 4.98 Å². The summed E-state index contributed by atoms with van der Waals surface area (Å²) in [5.41, 5.74) is 9.35. The van der Waals surface area contributed by atoms with Crippen LogP contribution in [0.1, 0.15) is 16.6 Å². The molecule has 0 aliphatic carbocycles. The first-order valence-electron chi connectivity index (χ1n) is 7.00. The second kappa shape index (κ2) is 6.68. The van der Waals surface area contributed by atoms with E-state index in [4.69, 9.17) is 10.5 Å². The van der Waals surface area contributed by atoms with Crippen LogP contribution < -0.4 is 10.5 Å². The molecule has 2 heterocycles. The van der Waals surface area contributed by atoms with Crippen molar-refractivity contribution < 1.29 is 4.74 Å². The number of rotatable bonds is 5. The lowest BCUT2D eigenvalue weighted by molar-refractivity contribution is 0.414. The molecule has 1 aromatic carbocycles. The van der Waals surface area contributed by atoms with E-state index in [0.29, 0.717) is 0 Å². The van der Waals surface area contributed by atoms with Crippen LogP contribution in [0, 0.1) is 0 Å². The number of aromatic nitrogens is 2. The zero-order chi connectivity index (χ0) is 15.4. The van der Waals surface area contributed by atoms with E-state index in [1.807, 2.05) is 48.0 Å².